The highest BCUT2D eigenvalue weighted by Gasteiger charge is 2.51. The van der Waals surface area contributed by atoms with Crippen LogP contribution in [0.4, 0.5) is 0 Å². The molecule has 25 nitrogen and oxygen atoms in total. The maximum Gasteiger partial charge on any atom is 0.249 e. The van der Waals surface area contributed by atoms with E-state index in [0.29, 0.717) is 26.1 Å². The van der Waals surface area contributed by atoms with Gasteiger partial charge in [0.15, 0.2) is 0 Å². The van der Waals surface area contributed by atoms with Crippen LogP contribution in [0.5, 0.6) is 0 Å². The maximum absolute atomic E-state index is 15.3. The van der Waals surface area contributed by atoms with Gasteiger partial charge in [-0.25, -0.2) is 0 Å². The van der Waals surface area contributed by atoms with E-state index in [2.05, 4.69) is 44.6 Å². The Morgan fingerprint density at radius 1 is 0.511 bits per heavy atom. The van der Waals surface area contributed by atoms with Crippen molar-refractivity contribution in [3.05, 3.63) is 24.3 Å². The number of hydrogen-bond acceptors (Lipinski definition) is 14. The van der Waals surface area contributed by atoms with Gasteiger partial charge >= 0.3 is 0 Å². The maximum atomic E-state index is 15.3. The van der Waals surface area contributed by atoms with Gasteiger partial charge in [-0.1, -0.05) is 88.0 Å². The van der Waals surface area contributed by atoms with E-state index in [-0.39, 0.29) is 49.0 Å². The monoisotopic (exact) mass is 1300 g/mol. The van der Waals surface area contributed by atoms with Crippen LogP contribution in [0.3, 0.4) is 0 Å². The highest BCUT2D eigenvalue weighted by molar-refractivity contribution is 6.00. The van der Waals surface area contributed by atoms with Crippen molar-refractivity contribution in [2.45, 2.75) is 222 Å². The highest BCUT2D eigenvalue weighted by atomic mass is 16.5. The number of allylic oxidation sites excluding steroid dienone is 2. The summed E-state index contributed by atoms with van der Waals surface area (Å²) in [6.07, 6.45) is 2.70. The summed E-state index contributed by atoms with van der Waals surface area (Å²) in [5.41, 5.74) is 0.226. The Hall–Kier alpha value is -6.47. The van der Waals surface area contributed by atoms with Crippen molar-refractivity contribution in [1.29, 1.82) is 0 Å². The number of rotatable bonds is 15. The lowest BCUT2D eigenvalue weighted by atomic mass is 9.92. The van der Waals surface area contributed by atoms with E-state index in [1.54, 1.807) is 20.8 Å². The minimum atomic E-state index is -1.40. The summed E-state index contributed by atoms with van der Waals surface area (Å²) in [6.45, 7) is 36.6. The minimum absolute atomic E-state index is 0.0578. The quantitative estimate of drug-likeness (QED) is 0.172. The Labute approximate surface area is 549 Å². The molecule has 3 heterocycles. The summed E-state index contributed by atoms with van der Waals surface area (Å²) < 4.78 is 6.80. The Morgan fingerprint density at radius 3 is 1.49 bits per heavy atom. The molecule has 0 radical (unpaired) electrons. The molecular weight excluding hydrogens is 1180 g/mol. The fourth-order valence-corrected chi connectivity index (χ4v) is 12.7. The lowest BCUT2D eigenvalue weighted by Crippen LogP contribution is -2.62. The number of likely N-dealkylation sites (N-methyl/N-ethyl adjacent to an activating group) is 8. The van der Waals surface area contributed by atoms with Gasteiger partial charge in [0.05, 0.1) is 12.2 Å². The molecular formula is C67H117N13O12. The molecule has 3 aliphatic heterocycles. The first-order valence-electron chi connectivity index (χ1n) is 33.3. The number of ether oxygens (including phenoxy) is 1. The molecule has 4 N–H and O–H groups in total. The first kappa shape index (κ1) is 79.8. The van der Waals surface area contributed by atoms with E-state index in [9.17, 15) is 24.0 Å². The summed E-state index contributed by atoms with van der Waals surface area (Å²) in [5.74, 6) is -8.68. The zero-order chi connectivity index (χ0) is 70.2. The molecule has 15 unspecified atom stereocenters. The molecule has 522 valence electrons. The van der Waals surface area contributed by atoms with Gasteiger partial charge in [-0.3, -0.25) is 52.7 Å². The summed E-state index contributed by atoms with van der Waals surface area (Å²) in [5, 5.41) is 11.2. The molecule has 3 fully saturated rings. The van der Waals surface area contributed by atoms with Gasteiger partial charge in [-0.05, 0) is 115 Å². The van der Waals surface area contributed by atoms with E-state index in [4.69, 9.17) is 4.74 Å². The SMILES string of the molecule is C=C(C)C1NC(=O)C(C(C)CN2CCN(CC)CC2)N(C)C(=O)C(C)N(C)C(=O)C(CC)NC(=O)C2C(C(C)CC=CC)OC(C)C(C(=O)N2C)N(C)C(=O)C(CC(C)C)N(C)C(=O)C(CC(C)C)N(C)C(=O)C(C)NC(=O)C(C)NC(=O)C(CC(C)C)N(C)C1=O. The topological polar surface area (TPSA) is 274 Å². The predicted octanol–water partition coefficient (Wildman–Crippen LogP) is 2.58. The van der Waals surface area contributed by atoms with Gasteiger partial charge < -0.3 is 70.1 Å². The van der Waals surface area contributed by atoms with Crippen LogP contribution >= 0.6 is 0 Å². The van der Waals surface area contributed by atoms with Crippen molar-refractivity contribution in [3.8, 4) is 0 Å². The van der Waals surface area contributed by atoms with Crippen LogP contribution in [0.25, 0.3) is 0 Å². The Kier molecular flexibility index (Phi) is 31.0. The molecule has 3 aliphatic rings. The number of hydrogen-bond donors (Lipinski definition) is 4. The molecule has 25 heteroatoms. The lowest BCUT2D eigenvalue weighted by Gasteiger charge is -2.40. The zero-order valence-corrected chi connectivity index (χ0v) is 60.0. The minimum Gasteiger partial charge on any atom is -0.370 e. The summed E-state index contributed by atoms with van der Waals surface area (Å²) in [4.78, 5) is 177. The third-order valence-electron chi connectivity index (χ3n) is 18.7. The number of nitrogens with one attached hydrogen (secondary N) is 4. The fraction of sp³-hybridized carbons (Fsp3) is 0.776. The van der Waals surface area contributed by atoms with Crippen LogP contribution in [0.15, 0.2) is 24.3 Å². The van der Waals surface area contributed by atoms with Crippen LogP contribution < -0.4 is 21.3 Å². The first-order valence-corrected chi connectivity index (χ1v) is 33.3. The molecule has 0 aromatic heterocycles. The average molecular weight is 1300 g/mol. The molecule has 0 spiro atoms. The average Bonchev–Trinajstić information content (AvgIpc) is 1.55. The number of carbonyl (C=O) groups is 11. The fourth-order valence-electron chi connectivity index (χ4n) is 12.7. The largest absolute Gasteiger partial charge is 0.370 e. The molecule has 2 bridgehead atoms. The van der Waals surface area contributed by atoms with E-state index in [1.165, 1.54) is 104 Å². The van der Waals surface area contributed by atoms with E-state index >= 15 is 28.8 Å². The summed E-state index contributed by atoms with van der Waals surface area (Å²) >= 11 is 0. The number of fused-ring (bicyclic) bond motifs is 3. The Morgan fingerprint density at radius 2 is 0.989 bits per heavy atom. The smallest absolute Gasteiger partial charge is 0.249 e. The van der Waals surface area contributed by atoms with Crippen molar-refractivity contribution >= 4 is 65.0 Å². The van der Waals surface area contributed by atoms with E-state index in [1.807, 2.05) is 74.5 Å². The second-order valence-corrected chi connectivity index (χ2v) is 27.6. The van der Waals surface area contributed by atoms with Gasteiger partial charge in [0.25, 0.3) is 0 Å². The summed E-state index contributed by atoms with van der Waals surface area (Å²) in [6, 6.07) is -13.7. The molecule has 11 amide bonds. The van der Waals surface area contributed by atoms with Gasteiger partial charge in [0.1, 0.15) is 66.5 Å². The van der Waals surface area contributed by atoms with Gasteiger partial charge in [-0.15, -0.1) is 0 Å². The molecule has 0 aromatic carbocycles. The third-order valence-corrected chi connectivity index (χ3v) is 18.7. The number of amides is 11. The number of piperazine rings is 1. The van der Waals surface area contributed by atoms with Crippen molar-refractivity contribution < 1.29 is 57.5 Å². The molecule has 15 atom stereocenters. The standard InChI is InChI=1S/C67H117N13O12/c1-25-28-29-42(12)56-55-60(84)70-48(26-2)63(87)72(18)46(16)62(86)76(22)53(43(13)37-80-32-30-79(27-3)31-33-80)59(83)71-52(41(10)11)66(90)73(19)49(34-38(4)5)58(82)68-44(14)57(81)69-45(15)61(85)74(20)50(35-39(6)7)64(88)75(21)51(36-40(8)9)65(89)77(23)54(47(17)92-56)67(91)78(55)24/h25,28,38-40,42-56H,10,26-27,29-37H2,1-9,11-24H3,(H,68,82)(H,69,81)(H,70,84)(H,71,83). The summed E-state index contributed by atoms with van der Waals surface area (Å²) in [7, 11) is 10.2. The molecule has 0 aliphatic carbocycles. The highest BCUT2D eigenvalue weighted by Crippen LogP contribution is 2.30. The van der Waals surface area contributed by atoms with Crippen molar-refractivity contribution in [3.63, 3.8) is 0 Å². The van der Waals surface area contributed by atoms with Crippen LogP contribution in [-0.2, 0) is 57.5 Å². The zero-order valence-electron chi connectivity index (χ0n) is 60.0. The van der Waals surface area contributed by atoms with Crippen molar-refractivity contribution in [1.82, 2.24) is 65.4 Å². The van der Waals surface area contributed by atoms with E-state index < -0.39 is 155 Å². The predicted molar refractivity (Wildman–Crippen MR) is 355 cm³/mol. The second-order valence-electron chi connectivity index (χ2n) is 27.6. The molecule has 0 aromatic rings. The van der Waals surface area contributed by atoms with E-state index in [0.717, 1.165) is 19.6 Å². The van der Waals surface area contributed by atoms with Crippen LogP contribution in [-0.4, -0.2) is 276 Å². The van der Waals surface area contributed by atoms with Gasteiger partial charge in [-0.2, -0.15) is 0 Å². The first-order chi connectivity index (χ1) is 42.8. The number of nitrogens with zero attached hydrogens (tertiary/aromatic N) is 9. The van der Waals surface area contributed by atoms with Gasteiger partial charge in [0.2, 0.25) is 65.0 Å². The third kappa shape index (κ3) is 20.3. The molecule has 92 heavy (non-hydrogen) atoms. The number of carbonyl (C=O) groups excluding carboxylic acids is 11. The Balaban J connectivity index is 2.34. The lowest BCUT2D eigenvalue weighted by molar-refractivity contribution is -0.155. The van der Waals surface area contributed by atoms with Gasteiger partial charge in [0, 0.05) is 82.1 Å². The van der Waals surface area contributed by atoms with Crippen molar-refractivity contribution in [2.24, 2.45) is 29.6 Å². The van der Waals surface area contributed by atoms with Crippen LogP contribution in [0, 0.1) is 29.6 Å². The molecule has 0 saturated carbocycles. The van der Waals surface area contributed by atoms with Crippen molar-refractivity contribution in [2.75, 3.05) is 88.6 Å². The normalized spacial score (nSPS) is 30.0. The van der Waals surface area contributed by atoms with Crippen LogP contribution in [0.1, 0.15) is 143 Å². The molecule has 3 rings (SSSR count). The second kappa shape index (κ2) is 35.7. The molecule has 3 saturated heterocycles. The Bertz CT molecular complexity index is 2630. The van der Waals surface area contributed by atoms with Crippen LogP contribution in [0.2, 0.25) is 0 Å².